The van der Waals surface area contributed by atoms with Crippen LogP contribution in [0.15, 0.2) is 24.3 Å². The Kier molecular flexibility index (Phi) is 3.09. The highest BCUT2D eigenvalue weighted by atomic mass is 35.5. The van der Waals surface area contributed by atoms with E-state index in [2.05, 4.69) is 0 Å². The zero-order valence-corrected chi connectivity index (χ0v) is 7.64. The van der Waals surface area contributed by atoms with Crippen molar-refractivity contribution in [3.05, 3.63) is 34.9 Å². The minimum Gasteiger partial charge on any atom is -0.317 e. The maximum atomic E-state index is 10.7. The maximum Gasteiger partial charge on any atom is 0.242 e. The molecule has 12 heavy (non-hydrogen) atoms. The summed E-state index contributed by atoms with van der Waals surface area (Å²) in [6.45, 7) is 0. The number of rotatable bonds is 2. The van der Waals surface area contributed by atoms with Crippen LogP contribution in [0.1, 0.15) is 11.6 Å². The van der Waals surface area contributed by atoms with Gasteiger partial charge in [0.2, 0.25) is 5.24 Å². The Balaban J connectivity index is 2.95. The quantitative estimate of drug-likeness (QED) is 0.749. The number of hydrogen-bond acceptors (Lipinski definition) is 2. The summed E-state index contributed by atoms with van der Waals surface area (Å²) in [6.07, 6.45) is 0. The van der Waals surface area contributed by atoms with Crippen molar-refractivity contribution in [1.82, 2.24) is 0 Å². The summed E-state index contributed by atoms with van der Waals surface area (Å²) < 4.78 is 0. The lowest BCUT2D eigenvalue weighted by atomic mass is 10.1. The summed E-state index contributed by atoms with van der Waals surface area (Å²) in [6, 6.07) is 5.96. The molecule has 0 spiro atoms. The highest BCUT2D eigenvalue weighted by molar-refractivity contribution is 6.64. The summed E-state index contributed by atoms with van der Waals surface area (Å²) >= 11 is 10.9. The van der Waals surface area contributed by atoms with E-state index in [1.54, 1.807) is 24.3 Å². The van der Waals surface area contributed by atoms with E-state index in [-0.39, 0.29) is 0 Å². The van der Waals surface area contributed by atoms with E-state index in [1.165, 1.54) is 0 Å². The van der Waals surface area contributed by atoms with Gasteiger partial charge in [0.05, 0.1) is 0 Å². The second-order valence-electron chi connectivity index (χ2n) is 2.34. The van der Waals surface area contributed by atoms with E-state index in [4.69, 9.17) is 28.9 Å². The van der Waals surface area contributed by atoms with Crippen LogP contribution in [-0.2, 0) is 4.79 Å². The summed E-state index contributed by atoms with van der Waals surface area (Å²) in [7, 11) is 0. The van der Waals surface area contributed by atoms with Crippen LogP contribution in [-0.4, -0.2) is 5.24 Å². The first-order valence-electron chi connectivity index (χ1n) is 3.31. The number of carbonyl (C=O) groups excluding carboxylic acids is 1. The van der Waals surface area contributed by atoms with Crippen LogP contribution in [0.4, 0.5) is 0 Å². The molecule has 1 atom stereocenters. The number of halogens is 2. The molecule has 0 aromatic heterocycles. The molecule has 0 aliphatic heterocycles. The van der Waals surface area contributed by atoms with Crippen molar-refractivity contribution in [3.63, 3.8) is 0 Å². The van der Waals surface area contributed by atoms with Gasteiger partial charge in [0.15, 0.2) is 0 Å². The van der Waals surface area contributed by atoms with Crippen molar-refractivity contribution in [3.8, 4) is 0 Å². The molecule has 0 aliphatic carbocycles. The molecule has 0 aliphatic rings. The maximum absolute atomic E-state index is 10.7. The number of carbonyl (C=O) groups is 1. The Bertz CT molecular complexity index is 301. The van der Waals surface area contributed by atoms with E-state index in [9.17, 15) is 4.79 Å². The lowest BCUT2D eigenvalue weighted by Gasteiger charge is -2.05. The molecule has 0 fully saturated rings. The minimum absolute atomic E-state index is 0.542. The molecule has 1 aromatic carbocycles. The molecule has 0 heterocycles. The second-order valence-corrected chi connectivity index (χ2v) is 3.15. The SMILES string of the molecule is NC(C(=O)Cl)c1cccc(Cl)c1. The molecule has 2 N–H and O–H groups in total. The fourth-order valence-electron chi connectivity index (χ4n) is 0.831. The Morgan fingerprint density at radius 1 is 1.50 bits per heavy atom. The van der Waals surface area contributed by atoms with Gasteiger partial charge in [0.1, 0.15) is 6.04 Å². The third kappa shape index (κ3) is 2.21. The normalized spacial score (nSPS) is 12.6. The molecule has 4 heteroatoms. The van der Waals surface area contributed by atoms with Crippen LogP contribution < -0.4 is 5.73 Å². The summed E-state index contributed by atoms with van der Waals surface area (Å²) in [5.74, 6) is 0. The third-order valence-corrected chi connectivity index (χ3v) is 1.92. The molecule has 2 nitrogen and oxygen atoms in total. The first-order chi connectivity index (χ1) is 5.61. The highest BCUT2D eigenvalue weighted by Crippen LogP contribution is 2.17. The molecule has 1 aromatic rings. The van der Waals surface area contributed by atoms with Gasteiger partial charge >= 0.3 is 0 Å². The summed E-state index contributed by atoms with van der Waals surface area (Å²) in [5, 5.41) is -0.0434. The van der Waals surface area contributed by atoms with E-state index < -0.39 is 11.3 Å². The molecule has 0 saturated heterocycles. The van der Waals surface area contributed by atoms with Crippen LogP contribution in [0.3, 0.4) is 0 Å². The van der Waals surface area contributed by atoms with E-state index in [0.29, 0.717) is 10.6 Å². The van der Waals surface area contributed by atoms with Crippen molar-refractivity contribution in [2.24, 2.45) is 5.73 Å². The van der Waals surface area contributed by atoms with Crippen molar-refractivity contribution in [2.45, 2.75) is 6.04 Å². The predicted octanol–water partition coefficient (Wildman–Crippen LogP) is 2.11. The van der Waals surface area contributed by atoms with Crippen molar-refractivity contribution < 1.29 is 4.79 Å². The molecule has 0 saturated carbocycles. The molecule has 0 bridgehead atoms. The average Bonchev–Trinajstić information content (AvgIpc) is 2.03. The molecule has 64 valence electrons. The Hall–Kier alpha value is -0.570. The third-order valence-electron chi connectivity index (χ3n) is 1.45. The van der Waals surface area contributed by atoms with Gasteiger partial charge in [0.25, 0.3) is 0 Å². The number of benzene rings is 1. The lowest BCUT2D eigenvalue weighted by molar-refractivity contribution is -0.112. The first-order valence-corrected chi connectivity index (χ1v) is 4.07. The fourth-order valence-corrected chi connectivity index (χ4v) is 1.16. The van der Waals surface area contributed by atoms with E-state index in [0.717, 1.165) is 0 Å². The Morgan fingerprint density at radius 2 is 2.17 bits per heavy atom. The van der Waals surface area contributed by atoms with Gasteiger partial charge in [-0.1, -0.05) is 23.7 Å². The predicted molar refractivity (Wildman–Crippen MR) is 49.2 cm³/mol. The van der Waals surface area contributed by atoms with Crippen molar-refractivity contribution in [2.75, 3.05) is 0 Å². The van der Waals surface area contributed by atoms with Gasteiger partial charge in [-0.2, -0.15) is 0 Å². The first kappa shape index (κ1) is 9.52. The van der Waals surface area contributed by atoms with Gasteiger partial charge in [-0.05, 0) is 29.3 Å². The highest BCUT2D eigenvalue weighted by Gasteiger charge is 2.12. The monoisotopic (exact) mass is 203 g/mol. The molecule has 1 unspecified atom stereocenters. The van der Waals surface area contributed by atoms with Crippen LogP contribution in [0.2, 0.25) is 5.02 Å². The van der Waals surface area contributed by atoms with Crippen LogP contribution >= 0.6 is 23.2 Å². The number of nitrogens with two attached hydrogens (primary N) is 1. The molecule has 0 amide bonds. The van der Waals surface area contributed by atoms with Crippen molar-refractivity contribution in [1.29, 1.82) is 0 Å². The zero-order chi connectivity index (χ0) is 9.14. The summed E-state index contributed by atoms with van der Waals surface area (Å²) in [5.41, 5.74) is 6.09. The van der Waals surface area contributed by atoms with Gasteiger partial charge in [-0.3, -0.25) is 4.79 Å². The second kappa shape index (κ2) is 3.90. The molecule has 0 radical (unpaired) electrons. The average molecular weight is 204 g/mol. The topological polar surface area (TPSA) is 43.1 Å². The molecule has 1 rings (SSSR count). The van der Waals surface area contributed by atoms with Crippen LogP contribution in [0.25, 0.3) is 0 Å². The Morgan fingerprint density at radius 3 is 2.67 bits per heavy atom. The summed E-state index contributed by atoms with van der Waals surface area (Å²) in [4.78, 5) is 10.7. The van der Waals surface area contributed by atoms with Crippen LogP contribution in [0.5, 0.6) is 0 Å². The van der Waals surface area contributed by atoms with Crippen LogP contribution in [0, 0.1) is 0 Å². The zero-order valence-electron chi connectivity index (χ0n) is 6.13. The van der Waals surface area contributed by atoms with E-state index >= 15 is 0 Å². The van der Waals surface area contributed by atoms with Gasteiger partial charge in [-0.25, -0.2) is 0 Å². The van der Waals surface area contributed by atoms with Gasteiger partial charge < -0.3 is 5.73 Å². The largest absolute Gasteiger partial charge is 0.317 e. The van der Waals surface area contributed by atoms with Gasteiger partial charge in [-0.15, -0.1) is 0 Å². The smallest absolute Gasteiger partial charge is 0.242 e. The Labute approximate surface area is 80.3 Å². The fraction of sp³-hybridized carbons (Fsp3) is 0.125. The minimum atomic E-state index is -0.787. The molecular weight excluding hydrogens is 197 g/mol. The van der Waals surface area contributed by atoms with E-state index in [1.807, 2.05) is 0 Å². The lowest BCUT2D eigenvalue weighted by Crippen LogP contribution is -2.16. The van der Waals surface area contributed by atoms with Crippen molar-refractivity contribution >= 4 is 28.4 Å². The molecular formula is C8H7Cl2NO. The standard InChI is InChI=1S/C8H7Cl2NO/c9-6-3-1-2-5(4-6)7(11)8(10)12/h1-4,7H,11H2. The number of hydrogen-bond donors (Lipinski definition) is 1. The van der Waals surface area contributed by atoms with Gasteiger partial charge in [0, 0.05) is 5.02 Å².